The van der Waals surface area contributed by atoms with Crippen LogP contribution in [0, 0.1) is 23.4 Å². The van der Waals surface area contributed by atoms with Crippen LogP contribution in [0.5, 0.6) is 0 Å². The van der Waals surface area contributed by atoms with E-state index in [0.717, 1.165) is 18.6 Å². The Morgan fingerprint density at radius 2 is 2.06 bits per heavy atom. The molecule has 0 saturated carbocycles. The summed E-state index contributed by atoms with van der Waals surface area (Å²) in [4.78, 5) is 0. The lowest BCUT2D eigenvalue weighted by Gasteiger charge is -2.15. The van der Waals surface area contributed by atoms with Crippen LogP contribution >= 0.6 is 0 Å². The van der Waals surface area contributed by atoms with Crippen molar-refractivity contribution in [2.45, 2.75) is 18.9 Å². The first-order valence-electron chi connectivity index (χ1n) is 5.48. The molecular weight excluding hydrogens is 233 g/mol. The van der Waals surface area contributed by atoms with Crippen molar-refractivity contribution in [3.63, 3.8) is 0 Å². The van der Waals surface area contributed by atoms with Crippen LogP contribution in [0.3, 0.4) is 0 Å². The zero-order chi connectivity index (χ0) is 12.4. The summed E-state index contributed by atoms with van der Waals surface area (Å²) in [5.74, 6) is -3.96. The summed E-state index contributed by atoms with van der Waals surface area (Å²) < 4.78 is 44.2. The van der Waals surface area contributed by atoms with Crippen molar-refractivity contribution in [2.75, 3.05) is 13.2 Å². The molecule has 2 rings (SSSR count). The Bertz CT molecular complexity index is 403. The van der Waals surface area contributed by atoms with Gasteiger partial charge in [0, 0.05) is 18.8 Å². The molecule has 1 aliphatic rings. The van der Waals surface area contributed by atoms with E-state index in [4.69, 9.17) is 4.74 Å². The van der Waals surface area contributed by atoms with Crippen molar-refractivity contribution < 1.29 is 23.0 Å². The fourth-order valence-electron chi connectivity index (χ4n) is 2.01. The van der Waals surface area contributed by atoms with Gasteiger partial charge in [0.05, 0.1) is 6.10 Å². The number of benzene rings is 1. The lowest BCUT2D eigenvalue weighted by atomic mass is 9.96. The van der Waals surface area contributed by atoms with Gasteiger partial charge in [-0.15, -0.1) is 0 Å². The maximum atomic E-state index is 13.4. The number of rotatable bonds is 3. The van der Waals surface area contributed by atoms with Crippen LogP contribution in [0.2, 0.25) is 0 Å². The number of aliphatic hydroxyl groups excluding tert-OH is 1. The van der Waals surface area contributed by atoms with Crippen molar-refractivity contribution in [2.24, 2.45) is 5.92 Å². The molecular formula is C12H13F3O2. The third-order valence-electron chi connectivity index (χ3n) is 3.00. The Balaban J connectivity index is 2.13. The highest BCUT2D eigenvalue weighted by molar-refractivity contribution is 5.22. The monoisotopic (exact) mass is 246 g/mol. The van der Waals surface area contributed by atoms with Gasteiger partial charge in [0.25, 0.3) is 0 Å². The van der Waals surface area contributed by atoms with Crippen molar-refractivity contribution in [1.29, 1.82) is 0 Å². The summed E-state index contributed by atoms with van der Waals surface area (Å²) >= 11 is 0. The summed E-state index contributed by atoms with van der Waals surface area (Å²) in [5.41, 5.74) is -0.198. The molecule has 2 atom stereocenters. The number of hydrogen-bond acceptors (Lipinski definition) is 2. The predicted molar refractivity (Wildman–Crippen MR) is 54.8 cm³/mol. The zero-order valence-electron chi connectivity index (χ0n) is 9.13. The molecule has 2 nitrogen and oxygen atoms in total. The maximum absolute atomic E-state index is 13.4. The van der Waals surface area contributed by atoms with E-state index in [0.29, 0.717) is 19.6 Å². The van der Waals surface area contributed by atoms with E-state index in [2.05, 4.69) is 0 Å². The van der Waals surface area contributed by atoms with E-state index in [1.807, 2.05) is 0 Å². The zero-order valence-corrected chi connectivity index (χ0v) is 9.13. The van der Waals surface area contributed by atoms with Crippen LogP contribution in [0.4, 0.5) is 13.2 Å². The van der Waals surface area contributed by atoms with Crippen LogP contribution in [0.25, 0.3) is 0 Å². The average Bonchev–Trinajstić information content (AvgIpc) is 2.78. The second kappa shape index (κ2) is 5.06. The molecule has 0 radical (unpaired) electrons. The van der Waals surface area contributed by atoms with Crippen molar-refractivity contribution in [3.8, 4) is 0 Å². The normalized spacial score (nSPS) is 21.8. The van der Waals surface area contributed by atoms with Crippen LogP contribution < -0.4 is 0 Å². The van der Waals surface area contributed by atoms with Gasteiger partial charge in [0.1, 0.15) is 0 Å². The molecule has 0 aliphatic carbocycles. The average molecular weight is 246 g/mol. The third kappa shape index (κ3) is 2.61. The predicted octanol–water partition coefficient (Wildman–Crippen LogP) is 2.56. The van der Waals surface area contributed by atoms with E-state index in [1.54, 1.807) is 0 Å². The van der Waals surface area contributed by atoms with Crippen molar-refractivity contribution >= 4 is 0 Å². The van der Waals surface area contributed by atoms with Crippen molar-refractivity contribution in [1.82, 2.24) is 0 Å². The van der Waals surface area contributed by atoms with Gasteiger partial charge in [-0.05, 0) is 24.8 Å². The quantitative estimate of drug-likeness (QED) is 0.830. The van der Waals surface area contributed by atoms with Gasteiger partial charge in [0.15, 0.2) is 17.5 Å². The Labute approximate surface area is 97.0 Å². The van der Waals surface area contributed by atoms with E-state index < -0.39 is 23.6 Å². The fraction of sp³-hybridized carbons (Fsp3) is 0.500. The van der Waals surface area contributed by atoms with Gasteiger partial charge in [0.2, 0.25) is 0 Å². The lowest BCUT2D eigenvalue weighted by molar-refractivity contribution is 0.125. The summed E-state index contributed by atoms with van der Waals surface area (Å²) in [6.45, 7) is 1.14. The van der Waals surface area contributed by atoms with Crippen LogP contribution in [0.15, 0.2) is 12.1 Å². The fourth-order valence-corrected chi connectivity index (χ4v) is 2.01. The molecule has 1 N–H and O–H groups in total. The Kier molecular flexibility index (Phi) is 3.69. The molecule has 17 heavy (non-hydrogen) atoms. The lowest BCUT2D eigenvalue weighted by Crippen LogP contribution is -2.10. The van der Waals surface area contributed by atoms with Gasteiger partial charge in [-0.2, -0.15) is 0 Å². The maximum Gasteiger partial charge on any atom is 0.194 e. The first-order chi connectivity index (χ1) is 8.09. The SMILES string of the molecule is OC(CC1CCOC1)c1ccc(F)c(F)c1F. The summed E-state index contributed by atoms with van der Waals surface area (Å²) in [6, 6.07) is 1.90. The number of ether oxygens (including phenoxy) is 1. The van der Waals surface area contributed by atoms with Crippen LogP contribution in [-0.2, 0) is 4.74 Å². The first kappa shape index (κ1) is 12.4. The molecule has 2 unspecified atom stereocenters. The molecule has 0 aromatic heterocycles. The Morgan fingerprint density at radius 3 is 2.71 bits per heavy atom. The third-order valence-corrected chi connectivity index (χ3v) is 3.00. The molecule has 5 heteroatoms. The Morgan fingerprint density at radius 1 is 1.29 bits per heavy atom. The Hall–Kier alpha value is -1.07. The van der Waals surface area contributed by atoms with Gasteiger partial charge in [-0.25, -0.2) is 13.2 Å². The summed E-state index contributed by atoms with van der Waals surface area (Å²) in [6.07, 6.45) is -0.0403. The molecule has 1 aromatic rings. The molecule has 1 aliphatic heterocycles. The molecule has 1 fully saturated rings. The molecule has 1 aromatic carbocycles. The second-order valence-electron chi connectivity index (χ2n) is 4.25. The van der Waals surface area contributed by atoms with Gasteiger partial charge < -0.3 is 9.84 Å². The minimum absolute atomic E-state index is 0.137. The van der Waals surface area contributed by atoms with Crippen molar-refractivity contribution in [3.05, 3.63) is 35.1 Å². The van der Waals surface area contributed by atoms with E-state index in [1.165, 1.54) is 0 Å². The van der Waals surface area contributed by atoms with Gasteiger partial charge in [-0.3, -0.25) is 0 Å². The molecule has 0 bridgehead atoms. The summed E-state index contributed by atoms with van der Waals surface area (Å²) in [5, 5.41) is 9.79. The van der Waals surface area contributed by atoms with E-state index in [9.17, 15) is 18.3 Å². The second-order valence-corrected chi connectivity index (χ2v) is 4.25. The van der Waals surface area contributed by atoms with Gasteiger partial charge >= 0.3 is 0 Å². The van der Waals surface area contributed by atoms with Gasteiger partial charge in [-0.1, -0.05) is 6.07 Å². The molecule has 94 valence electrons. The number of hydrogen-bond donors (Lipinski definition) is 1. The standard InChI is InChI=1S/C12H13F3O2/c13-9-2-1-8(11(14)12(9)15)10(16)5-7-3-4-17-6-7/h1-2,7,10,16H,3-6H2. The van der Waals surface area contributed by atoms with Crippen LogP contribution in [-0.4, -0.2) is 18.3 Å². The van der Waals surface area contributed by atoms with Crippen LogP contribution in [0.1, 0.15) is 24.5 Å². The van der Waals surface area contributed by atoms with E-state index in [-0.39, 0.29) is 11.5 Å². The minimum atomic E-state index is -1.54. The largest absolute Gasteiger partial charge is 0.388 e. The molecule has 1 heterocycles. The van der Waals surface area contributed by atoms with E-state index >= 15 is 0 Å². The number of halogens is 3. The summed E-state index contributed by atoms with van der Waals surface area (Å²) in [7, 11) is 0. The molecule has 0 amide bonds. The molecule has 0 spiro atoms. The molecule has 1 saturated heterocycles. The highest BCUT2D eigenvalue weighted by Gasteiger charge is 2.24. The number of aliphatic hydroxyl groups is 1. The topological polar surface area (TPSA) is 29.5 Å². The smallest absolute Gasteiger partial charge is 0.194 e. The first-order valence-corrected chi connectivity index (χ1v) is 5.48. The highest BCUT2D eigenvalue weighted by atomic mass is 19.2. The minimum Gasteiger partial charge on any atom is -0.388 e. The highest BCUT2D eigenvalue weighted by Crippen LogP contribution is 2.29.